The van der Waals surface area contributed by atoms with Gasteiger partial charge in [-0.05, 0) is 48.0 Å². The Labute approximate surface area is 142 Å². The minimum Gasteiger partial charge on any atom is -0.493 e. The molecule has 132 valence electrons. The first-order valence-corrected chi connectivity index (χ1v) is 7.22. The standard InChI is InChI=1S/C18H16F3NO3/c1-24-15-9-3-12(11-16(15)25-2)4-10-17(23)22-14-7-5-13(6-8-14)18(19,20)21/h3-11H,1-2H3,(H,22,23). The number of nitrogens with one attached hydrogen (secondary N) is 1. The second-order valence-corrected chi connectivity index (χ2v) is 5.01. The Bertz CT molecular complexity index is 768. The van der Waals surface area contributed by atoms with Gasteiger partial charge in [0.2, 0.25) is 5.91 Å². The van der Waals surface area contributed by atoms with Crippen LogP contribution < -0.4 is 14.8 Å². The molecule has 7 heteroatoms. The van der Waals surface area contributed by atoms with Gasteiger partial charge in [-0.25, -0.2) is 0 Å². The van der Waals surface area contributed by atoms with Crippen LogP contribution in [0.1, 0.15) is 11.1 Å². The number of benzene rings is 2. The highest BCUT2D eigenvalue weighted by Gasteiger charge is 2.29. The summed E-state index contributed by atoms with van der Waals surface area (Å²) < 4.78 is 47.8. The van der Waals surface area contributed by atoms with Gasteiger partial charge in [-0.15, -0.1) is 0 Å². The molecule has 0 aliphatic heterocycles. The summed E-state index contributed by atoms with van der Waals surface area (Å²) in [5.41, 5.74) is 0.210. The maximum absolute atomic E-state index is 12.5. The highest BCUT2D eigenvalue weighted by molar-refractivity contribution is 6.01. The van der Waals surface area contributed by atoms with E-state index in [1.54, 1.807) is 24.3 Å². The Hall–Kier alpha value is -2.96. The van der Waals surface area contributed by atoms with Gasteiger partial charge >= 0.3 is 6.18 Å². The van der Waals surface area contributed by atoms with Crippen LogP contribution in [0, 0.1) is 0 Å². The van der Waals surface area contributed by atoms with Gasteiger partial charge in [0, 0.05) is 11.8 Å². The van der Waals surface area contributed by atoms with Crippen molar-refractivity contribution in [2.45, 2.75) is 6.18 Å². The summed E-state index contributed by atoms with van der Waals surface area (Å²) in [7, 11) is 3.02. The fraction of sp³-hybridized carbons (Fsp3) is 0.167. The van der Waals surface area contributed by atoms with Crippen LogP contribution in [0.5, 0.6) is 11.5 Å². The van der Waals surface area contributed by atoms with Crippen molar-refractivity contribution in [1.29, 1.82) is 0 Å². The Balaban J connectivity index is 2.03. The number of rotatable bonds is 5. The molecule has 0 unspecified atom stereocenters. The summed E-state index contributed by atoms with van der Waals surface area (Å²) >= 11 is 0. The van der Waals surface area contributed by atoms with Crippen LogP contribution in [0.15, 0.2) is 48.5 Å². The zero-order valence-electron chi connectivity index (χ0n) is 13.6. The number of ether oxygens (including phenoxy) is 2. The average molecular weight is 351 g/mol. The first-order chi connectivity index (χ1) is 11.8. The van der Waals surface area contributed by atoms with E-state index in [-0.39, 0.29) is 5.69 Å². The van der Waals surface area contributed by atoms with Crippen molar-refractivity contribution in [2.75, 3.05) is 19.5 Å². The number of hydrogen-bond acceptors (Lipinski definition) is 3. The summed E-state index contributed by atoms with van der Waals surface area (Å²) in [6.45, 7) is 0. The average Bonchev–Trinajstić information content (AvgIpc) is 2.59. The SMILES string of the molecule is COc1ccc(C=CC(=O)Nc2ccc(C(F)(F)F)cc2)cc1OC. The van der Waals surface area contributed by atoms with Gasteiger partial charge in [-0.1, -0.05) is 6.07 Å². The molecule has 1 N–H and O–H groups in total. The van der Waals surface area contributed by atoms with Crippen molar-refractivity contribution in [3.05, 3.63) is 59.7 Å². The maximum atomic E-state index is 12.5. The number of hydrogen-bond donors (Lipinski definition) is 1. The number of anilines is 1. The zero-order chi connectivity index (χ0) is 18.4. The second kappa shape index (κ2) is 7.74. The summed E-state index contributed by atoms with van der Waals surface area (Å²) in [4.78, 5) is 11.9. The fourth-order valence-electron chi connectivity index (χ4n) is 2.05. The van der Waals surface area contributed by atoms with Crippen molar-refractivity contribution in [3.8, 4) is 11.5 Å². The molecular weight excluding hydrogens is 335 g/mol. The van der Waals surface area contributed by atoms with Crippen LogP contribution in [-0.4, -0.2) is 20.1 Å². The molecule has 0 saturated carbocycles. The van der Waals surface area contributed by atoms with Gasteiger partial charge in [0.25, 0.3) is 0 Å². The first kappa shape index (κ1) is 18.4. The molecule has 0 spiro atoms. The van der Waals surface area contributed by atoms with E-state index in [9.17, 15) is 18.0 Å². The predicted octanol–water partition coefficient (Wildman–Crippen LogP) is 4.37. The van der Waals surface area contributed by atoms with E-state index in [2.05, 4.69) is 5.32 Å². The molecule has 2 aromatic carbocycles. The van der Waals surface area contributed by atoms with Crippen LogP contribution in [-0.2, 0) is 11.0 Å². The molecule has 4 nitrogen and oxygen atoms in total. The minimum absolute atomic E-state index is 0.273. The number of carbonyl (C=O) groups is 1. The second-order valence-electron chi connectivity index (χ2n) is 5.01. The largest absolute Gasteiger partial charge is 0.493 e. The van der Waals surface area contributed by atoms with Crippen LogP contribution >= 0.6 is 0 Å². The van der Waals surface area contributed by atoms with Gasteiger partial charge in [-0.3, -0.25) is 4.79 Å². The maximum Gasteiger partial charge on any atom is 0.416 e. The lowest BCUT2D eigenvalue weighted by atomic mass is 10.2. The molecule has 2 rings (SSSR count). The molecular formula is C18H16F3NO3. The highest BCUT2D eigenvalue weighted by atomic mass is 19.4. The van der Waals surface area contributed by atoms with Crippen LogP contribution in [0.4, 0.5) is 18.9 Å². The van der Waals surface area contributed by atoms with Crippen molar-refractivity contribution >= 4 is 17.7 Å². The molecule has 0 saturated heterocycles. The van der Waals surface area contributed by atoms with Crippen LogP contribution in [0.25, 0.3) is 6.08 Å². The number of amides is 1. The Morgan fingerprint density at radius 3 is 2.20 bits per heavy atom. The quantitative estimate of drug-likeness (QED) is 0.814. The monoisotopic (exact) mass is 351 g/mol. The predicted molar refractivity (Wildman–Crippen MR) is 88.7 cm³/mol. The number of carbonyl (C=O) groups excluding carboxylic acids is 1. The minimum atomic E-state index is -4.41. The van der Waals surface area contributed by atoms with E-state index in [0.29, 0.717) is 17.1 Å². The van der Waals surface area contributed by atoms with E-state index in [1.165, 1.54) is 32.4 Å². The van der Waals surface area contributed by atoms with Gasteiger partial charge in [-0.2, -0.15) is 13.2 Å². The van der Waals surface area contributed by atoms with Crippen molar-refractivity contribution in [2.24, 2.45) is 0 Å². The van der Waals surface area contributed by atoms with Crippen molar-refractivity contribution in [1.82, 2.24) is 0 Å². The van der Waals surface area contributed by atoms with E-state index < -0.39 is 17.6 Å². The van der Waals surface area contributed by atoms with E-state index in [4.69, 9.17) is 9.47 Å². The van der Waals surface area contributed by atoms with Gasteiger partial charge in [0.1, 0.15) is 0 Å². The molecule has 1 amide bonds. The molecule has 0 heterocycles. The van der Waals surface area contributed by atoms with E-state index in [0.717, 1.165) is 12.1 Å². The molecule has 0 atom stereocenters. The number of halogens is 3. The molecule has 0 aliphatic carbocycles. The van der Waals surface area contributed by atoms with Gasteiger partial charge < -0.3 is 14.8 Å². The molecule has 2 aromatic rings. The number of methoxy groups -OCH3 is 2. The topological polar surface area (TPSA) is 47.6 Å². The third kappa shape index (κ3) is 5.00. The van der Waals surface area contributed by atoms with Crippen molar-refractivity contribution < 1.29 is 27.4 Å². The lowest BCUT2D eigenvalue weighted by Crippen LogP contribution is -2.09. The lowest BCUT2D eigenvalue weighted by molar-refractivity contribution is -0.137. The van der Waals surface area contributed by atoms with Gasteiger partial charge in [0.15, 0.2) is 11.5 Å². The summed E-state index contributed by atoms with van der Waals surface area (Å²) in [6.07, 6.45) is -1.57. The molecule has 0 aromatic heterocycles. The first-order valence-electron chi connectivity index (χ1n) is 7.22. The Kier molecular flexibility index (Phi) is 5.69. The normalized spacial score (nSPS) is 11.4. The molecule has 0 radical (unpaired) electrons. The van der Waals surface area contributed by atoms with E-state index in [1.807, 2.05) is 0 Å². The van der Waals surface area contributed by atoms with Crippen LogP contribution in [0.2, 0.25) is 0 Å². The molecule has 25 heavy (non-hydrogen) atoms. The zero-order valence-corrected chi connectivity index (χ0v) is 13.6. The highest BCUT2D eigenvalue weighted by Crippen LogP contribution is 2.30. The Morgan fingerprint density at radius 1 is 1.00 bits per heavy atom. The molecule has 0 fully saturated rings. The third-order valence-corrected chi connectivity index (χ3v) is 3.31. The summed E-state index contributed by atoms with van der Waals surface area (Å²) in [5, 5.41) is 2.49. The van der Waals surface area contributed by atoms with E-state index >= 15 is 0 Å². The fourth-order valence-corrected chi connectivity index (χ4v) is 2.05. The number of alkyl halides is 3. The van der Waals surface area contributed by atoms with Crippen molar-refractivity contribution in [3.63, 3.8) is 0 Å². The third-order valence-electron chi connectivity index (χ3n) is 3.31. The Morgan fingerprint density at radius 2 is 1.64 bits per heavy atom. The van der Waals surface area contributed by atoms with Gasteiger partial charge in [0.05, 0.1) is 19.8 Å². The summed E-state index contributed by atoms with van der Waals surface area (Å²) in [5.74, 6) is 0.621. The summed E-state index contributed by atoms with van der Waals surface area (Å²) in [6, 6.07) is 9.35. The molecule has 0 aliphatic rings. The van der Waals surface area contributed by atoms with Crippen LogP contribution in [0.3, 0.4) is 0 Å². The molecule has 0 bridgehead atoms. The lowest BCUT2D eigenvalue weighted by Gasteiger charge is -2.08. The smallest absolute Gasteiger partial charge is 0.416 e.